The smallest absolute Gasteiger partial charge is 0.0162 e. The number of unbranched alkanes of at least 4 members (excludes halogenated alkanes) is 2. The Labute approximate surface area is 211 Å². The van der Waals surface area contributed by atoms with Crippen molar-refractivity contribution in [3.05, 3.63) is 70.8 Å². The molecular weight excluding hydrogens is 408 g/mol. The van der Waals surface area contributed by atoms with Crippen molar-refractivity contribution in [1.29, 1.82) is 0 Å². The Balaban J connectivity index is 1.19. The first-order valence-electron chi connectivity index (χ1n) is 14.9. The average molecular weight is 459 g/mol. The van der Waals surface area contributed by atoms with Crippen LogP contribution in [0.4, 0.5) is 0 Å². The Hall–Kier alpha value is -1.56. The molecule has 2 fully saturated rings. The summed E-state index contributed by atoms with van der Waals surface area (Å²) >= 11 is 0. The van der Waals surface area contributed by atoms with Crippen molar-refractivity contribution in [1.82, 2.24) is 0 Å². The van der Waals surface area contributed by atoms with E-state index < -0.39 is 0 Å². The molecule has 4 rings (SSSR count). The maximum absolute atomic E-state index is 2.44. The molecule has 2 aliphatic carbocycles. The second-order valence-corrected chi connectivity index (χ2v) is 11.7. The minimum absolute atomic E-state index is 0.807. The van der Waals surface area contributed by atoms with Gasteiger partial charge in [-0.2, -0.15) is 0 Å². The predicted molar refractivity (Wildman–Crippen MR) is 149 cm³/mol. The Morgan fingerprint density at radius 3 is 1.35 bits per heavy atom. The van der Waals surface area contributed by atoms with Crippen molar-refractivity contribution in [3.8, 4) is 0 Å². The molecular formula is C34H50. The first-order valence-corrected chi connectivity index (χ1v) is 14.9. The topological polar surface area (TPSA) is 0 Å². The maximum Gasteiger partial charge on any atom is -0.0162 e. The second kappa shape index (κ2) is 13.5. The second-order valence-electron chi connectivity index (χ2n) is 11.7. The highest BCUT2D eigenvalue weighted by atomic mass is 14.3. The van der Waals surface area contributed by atoms with Crippen LogP contribution in [0.25, 0.3) is 0 Å². The Bertz CT molecular complexity index is 798. The van der Waals surface area contributed by atoms with Crippen LogP contribution in [0.3, 0.4) is 0 Å². The van der Waals surface area contributed by atoms with E-state index >= 15 is 0 Å². The van der Waals surface area contributed by atoms with E-state index in [9.17, 15) is 0 Å². The minimum Gasteiger partial charge on any atom is -0.0654 e. The first kappa shape index (κ1) is 25.5. The molecule has 0 amide bonds. The van der Waals surface area contributed by atoms with Gasteiger partial charge in [-0.1, -0.05) is 101 Å². The predicted octanol–water partition coefficient (Wildman–Crippen LogP) is 10.4. The van der Waals surface area contributed by atoms with Crippen LogP contribution in [0.5, 0.6) is 0 Å². The van der Waals surface area contributed by atoms with Gasteiger partial charge in [0, 0.05) is 0 Å². The molecule has 2 saturated carbocycles. The summed E-state index contributed by atoms with van der Waals surface area (Å²) in [5, 5.41) is 0. The highest BCUT2D eigenvalue weighted by Crippen LogP contribution is 2.39. The molecule has 0 N–H and O–H groups in total. The molecule has 0 aromatic heterocycles. The fraction of sp³-hybridized carbons (Fsp3) is 0.647. The molecule has 0 radical (unpaired) electrons. The molecule has 2 aromatic carbocycles. The molecule has 0 saturated heterocycles. The van der Waals surface area contributed by atoms with Gasteiger partial charge in [-0.25, -0.2) is 0 Å². The van der Waals surface area contributed by atoms with E-state index in [2.05, 4.69) is 62.4 Å². The Kier molecular flexibility index (Phi) is 10.1. The van der Waals surface area contributed by atoms with Gasteiger partial charge in [-0.05, 0) is 110 Å². The summed E-state index contributed by atoms with van der Waals surface area (Å²) in [6, 6.07) is 19.4. The quantitative estimate of drug-likeness (QED) is 0.294. The average Bonchev–Trinajstić information content (AvgIpc) is 2.89. The third kappa shape index (κ3) is 7.47. The number of aryl methyl sites for hydroxylation is 2. The zero-order valence-corrected chi connectivity index (χ0v) is 22.2. The summed E-state index contributed by atoms with van der Waals surface area (Å²) in [4.78, 5) is 0. The van der Waals surface area contributed by atoms with E-state index in [1.54, 1.807) is 11.1 Å². The third-order valence-electron chi connectivity index (χ3n) is 9.21. The van der Waals surface area contributed by atoms with Crippen molar-refractivity contribution in [3.63, 3.8) is 0 Å². The summed E-state index contributed by atoms with van der Waals surface area (Å²) in [6.07, 6.45) is 22.2. The molecule has 0 aliphatic heterocycles. The van der Waals surface area contributed by atoms with Crippen molar-refractivity contribution in [2.75, 3.05) is 0 Å². The molecule has 34 heavy (non-hydrogen) atoms. The van der Waals surface area contributed by atoms with Gasteiger partial charge in [0.15, 0.2) is 0 Å². The lowest BCUT2D eigenvalue weighted by Crippen LogP contribution is -2.13. The zero-order chi connectivity index (χ0) is 23.6. The summed E-state index contributed by atoms with van der Waals surface area (Å²) in [6.45, 7) is 4.65. The van der Waals surface area contributed by atoms with Crippen molar-refractivity contribution in [2.45, 2.75) is 128 Å². The Morgan fingerprint density at radius 2 is 0.941 bits per heavy atom. The van der Waals surface area contributed by atoms with Gasteiger partial charge in [0.25, 0.3) is 0 Å². The Morgan fingerprint density at radius 1 is 0.500 bits per heavy atom. The molecule has 0 atom stereocenters. The number of hydrogen-bond acceptors (Lipinski definition) is 0. The highest BCUT2D eigenvalue weighted by molar-refractivity contribution is 5.29. The van der Waals surface area contributed by atoms with E-state index in [4.69, 9.17) is 0 Å². The normalized spacial score (nSPS) is 25.4. The van der Waals surface area contributed by atoms with Gasteiger partial charge >= 0.3 is 0 Å². The van der Waals surface area contributed by atoms with Crippen LogP contribution < -0.4 is 0 Å². The van der Waals surface area contributed by atoms with Crippen LogP contribution in [0.1, 0.15) is 138 Å². The summed E-state index contributed by atoms with van der Waals surface area (Å²) in [5.41, 5.74) is 6.17. The van der Waals surface area contributed by atoms with Crippen LogP contribution in [0.2, 0.25) is 0 Å². The van der Waals surface area contributed by atoms with Crippen molar-refractivity contribution < 1.29 is 0 Å². The zero-order valence-electron chi connectivity index (χ0n) is 22.2. The molecule has 0 heterocycles. The van der Waals surface area contributed by atoms with Gasteiger partial charge in [0.05, 0.1) is 0 Å². The van der Waals surface area contributed by atoms with Gasteiger partial charge in [0.2, 0.25) is 0 Å². The number of rotatable bonds is 11. The molecule has 2 aromatic rings. The SMILES string of the molecule is CCCCCC1CCC(c2ccc(CCc3ccc(C4CCC(CCC)CC4)cc3)cc2)CC1. The molecule has 0 spiro atoms. The van der Waals surface area contributed by atoms with Gasteiger partial charge < -0.3 is 0 Å². The molecule has 186 valence electrons. The van der Waals surface area contributed by atoms with Gasteiger partial charge in [-0.3, -0.25) is 0 Å². The molecule has 2 aliphatic rings. The number of benzene rings is 2. The van der Waals surface area contributed by atoms with Crippen molar-refractivity contribution >= 4 is 0 Å². The monoisotopic (exact) mass is 458 g/mol. The first-order chi connectivity index (χ1) is 16.7. The molecule has 0 bridgehead atoms. The highest BCUT2D eigenvalue weighted by Gasteiger charge is 2.23. The largest absolute Gasteiger partial charge is 0.0654 e. The van der Waals surface area contributed by atoms with E-state index in [-0.39, 0.29) is 0 Å². The van der Waals surface area contributed by atoms with Crippen LogP contribution in [0.15, 0.2) is 48.5 Å². The van der Waals surface area contributed by atoms with E-state index in [1.165, 1.54) is 101 Å². The van der Waals surface area contributed by atoms with Gasteiger partial charge in [0.1, 0.15) is 0 Å². The summed E-state index contributed by atoms with van der Waals surface area (Å²) in [7, 11) is 0. The fourth-order valence-electron chi connectivity index (χ4n) is 6.86. The summed E-state index contributed by atoms with van der Waals surface area (Å²) < 4.78 is 0. The van der Waals surface area contributed by atoms with E-state index in [1.807, 2.05) is 0 Å². The lowest BCUT2D eigenvalue weighted by molar-refractivity contribution is 0.303. The fourth-order valence-corrected chi connectivity index (χ4v) is 6.86. The maximum atomic E-state index is 2.44. The number of hydrogen-bond donors (Lipinski definition) is 0. The standard InChI is InChI=1S/C34H50/c1-3-5-6-8-28-13-21-32(22-14-28)34-25-17-30(18-26-34)10-9-29-15-23-33(24-16-29)31-19-11-27(7-4-2)12-20-31/h15-18,23-28,31-32H,3-14,19-22H2,1-2H3. The molecule has 0 heteroatoms. The lowest BCUT2D eigenvalue weighted by Gasteiger charge is -2.29. The molecule has 0 nitrogen and oxygen atoms in total. The van der Waals surface area contributed by atoms with Gasteiger partial charge in [-0.15, -0.1) is 0 Å². The van der Waals surface area contributed by atoms with Crippen LogP contribution in [-0.2, 0) is 12.8 Å². The van der Waals surface area contributed by atoms with Crippen LogP contribution >= 0.6 is 0 Å². The minimum atomic E-state index is 0.807. The lowest BCUT2D eigenvalue weighted by atomic mass is 9.77. The van der Waals surface area contributed by atoms with Crippen LogP contribution in [0, 0.1) is 11.8 Å². The van der Waals surface area contributed by atoms with Crippen LogP contribution in [-0.4, -0.2) is 0 Å². The molecule has 0 unspecified atom stereocenters. The third-order valence-corrected chi connectivity index (χ3v) is 9.21. The summed E-state index contributed by atoms with van der Waals surface area (Å²) in [5.74, 6) is 3.62. The van der Waals surface area contributed by atoms with Crippen molar-refractivity contribution in [2.24, 2.45) is 11.8 Å². The van der Waals surface area contributed by atoms with E-state index in [0.29, 0.717) is 0 Å². The van der Waals surface area contributed by atoms with E-state index in [0.717, 1.165) is 36.5 Å².